The van der Waals surface area contributed by atoms with Crippen molar-refractivity contribution >= 4 is 16.5 Å². The highest BCUT2D eigenvalue weighted by Crippen LogP contribution is 2.33. The summed E-state index contributed by atoms with van der Waals surface area (Å²) < 4.78 is 5.37. The van der Waals surface area contributed by atoms with Crippen LogP contribution in [0.4, 0.5) is 5.13 Å². The summed E-state index contributed by atoms with van der Waals surface area (Å²) in [7, 11) is 5.71. The van der Waals surface area contributed by atoms with Crippen molar-refractivity contribution in [2.75, 3.05) is 26.1 Å². The van der Waals surface area contributed by atoms with Crippen LogP contribution in [0, 0.1) is 11.8 Å². The number of anilines is 1. The van der Waals surface area contributed by atoms with Gasteiger partial charge in [-0.1, -0.05) is 25.2 Å². The highest BCUT2D eigenvalue weighted by Gasteiger charge is 2.29. The van der Waals surface area contributed by atoms with Crippen molar-refractivity contribution in [1.29, 1.82) is 0 Å². The van der Waals surface area contributed by atoms with Crippen molar-refractivity contribution in [3.8, 4) is 5.88 Å². The fourth-order valence-corrected chi connectivity index (χ4v) is 3.57. The average Bonchev–Trinajstić information content (AvgIpc) is 2.93. The SMILES string of the molecule is COc1nc(N(C)C)sc1CNC1CCC(C)C1C. The van der Waals surface area contributed by atoms with Crippen LogP contribution in [0.15, 0.2) is 0 Å². The number of aromatic nitrogens is 1. The minimum Gasteiger partial charge on any atom is -0.480 e. The predicted octanol–water partition coefficient (Wildman–Crippen LogP) is 2.74. The van der Waals surface area contributed by atoms with E-state index in [0.29, 0.717) is 6.04 Å². The third-order valence-electron chi connectivity index (χ3n) is 4.22. The van der Waals surface area contributed by atoms with Gasteiger partial charge in [0.25, 0.3) is 0 Å². The highest BCUT2D eigenvalue weighted by atomic mass is 32.1. The molecule has 0 amide bonds. The maximum atomic E-state index is 5.37. The molecular formula is C14H25N3OS. The Morgan fingerprint density at radius 1 is 1.37 bits per heavy atom. The molecule has 1 aliphatic rings. The van der Waals surface area contributed by atoms with Crippen molar-refractivity contribution in [3.63, 3.8) is 0 Å². The van der Waals surface area contributed by atoms with Crippen molar-refractivity contribution < 1.29 is 4.74 Å². The smallest absolute Gasteiger partial charge is 0.230 e. The minimum atomic E-state index is 0.629. The normalized spacial score (nSPS) is 26.7. The molecule has 0 radical (unpaired) electrons. The summed E-state index contributed by atoms with van der Waals surface area (Å²) in [5.41, 5.74) is 0. The molecule has 1 saturated carbocycles. The van der Waals surface area contributed by atoms with E-state index < -0.39 is 0 Å². The number of nitrogens with zero attached hydrogens (tertiary/aromatic N) is 2. The highest BCUT2D eigenvalue weighted by molar-refractivity contribution is 7.15. The third-order valence-corrected chi connectivity index (χ3v) is 5.42. The van der Waals surface area contributed by atoms with Gasteiger partial charge in [0.05, 0.1) is 12.0 Å². The fourth-order valence-electron chi connectivity index (χ4n) is 2.66. The maximum absolute atomic E-state index is 5.37. The lowest BCUT2D eigenvalue weighted by Crippen LogP contribution is -2.31. The second-order valence-electron chi connectivity index (χ2n) is 5.72. The van der Waals surface area contributed by atoms with Gasteiger partial charge >= 0.3 is 0 Å². The lowest BCUT2D eigenvalue weighted by molar-refractivity contribution is 0.363. The van der Waals surface area contributed by atoms with E-state index in [2.05, 4.69) is 24.1 Å². The monoisotopic (exact) mass is 283 g/mol. The van der Waals surface area contributed by atoms with Crippen LogP contribution in [0.1, 0.15) is 31.6 Å². The molecule has 19 heavy (non-hydrogen) atoms. The number of nitrogens with one attached hydrogen (secondary N) is 1. The Kier molecular flexibility index (Phi) is 4.68. The summed E-state index contributed by atoms with van der Waals surface area (Å²) in [6.45, 7) is 5.56. The first-order valence-corrected chi connectivity index (χ1v) is 7.79. The van der Waals surface area contributed by atoms with Gasteiger partial charge in [0.15, 0.2) is 5.13 Å². The zero-order valence-electron chi connectivity index (χ0n) is 12.6. The molecule has 108 valence electrons. The topological polar surface area (TPSA) is 37.4 Å². The number of hydrogen-bond donors (Lipinski definition) is 1. The van der Waals surface area contributed by atoms with Gasteiger partial charge in [-0.25, -0.2) is 0 Å². The van der Waals surface area contributed by atoms with Crippen molar-refractivity contribution in [1.82, 2.24) is 10.3 Å². The van der Waals surface area contributed by atoms with Crippen LogP contribution in [0.3, 0.4) is 0 Å². The number of thiazole rings is 1. The maximum Gasteiger partial charge on any atom is 0.230 e. The number of rotatable bonds is 5. The molecule has 1 heterocycles. The van der Waals surface area contributed by atoms with E-state index in [1.165, 1.54) is 17.7 Å². The van der Waals surface area contributed by atoms with Gasteiger partial charge in [0, 0.05) is 26.7 Å². The first-order chi connectivity index (χ1) is 9.02. The van der Waals surface area contributed by atoms with Gasteiger partial charge in [-0.15, -0.1) is 0 Å². The number of hydrogen-bond acceptors (Lipinski definition) is 5. The van der Waals surface area contributed by atoms with Crippen LogP contribution >= 0.6 is 11.3 Å². The summed E-state index contributed by atoms with van der Waals surface area (Å²) in [4.78, 5) is 7.71. The molecular weight excluding hydrogens is 258 g/mol. The Morgan fingerprint density at radius 3 is 2.63 bits per heavy atom. The molecule has 5 heteroatoms. The van der Waals surface area contributed by atoms with E-state index in [9.17, 15) is 0 Å². The fraction of sp³-hybridized carbons (Fsp3) is 0.786. The molecule has 0 spiro atoms. The standard InChI is InChI=1S/C14H25N3OS/c1-9-6-7-11(10(9)2)15-8-12-13(18-5)16-14(19-12)17(3)4/h9-11,15H,6-8H2,1-5H3. The third kappa shape index (κ3) is 3.20. The molecule has 1 N–H and O–H groups in total. The molecule has 0 saturated heterocycles. The molecule has 0 bridgehead atoms. The molecule has 0 aromatic carbocycles. The van der Waals surface area contributed by atoms with E-state index in [0.717, 1.165) is 29.4 Å². The second kappa shape index (κ2) is 6.09. The van der Waals surface area contributed by atoms with Gasteiger partial charge < -0.3 is 15.0 Å². The number of ether oxygens (including phenoxy) is 1. The lowest BCUT2D eigenvalue weighted by atomic mass is 9.98. The predicted molar refractivity (Wildman–Crippen MR) is 81.2 cm³/mol. The van der Waals surface area contributed by atoms with E-state index in [4.69, 9.17) is 4.74 Å². The van der Waals surface area contributed by atoms with Gasteiger partial charge in [-0.2, -0.15) is 4.98 Å². The molecule has 1 aliphatic carbocycles. The Balaban J connectivity index is 1.99. The van der Waals surface area contributed by atoms with Crippen LogP contribution in [0.5, 0.6) is 5.88 Å². The minimum absolute atomic E-state index is 0.629. The van der Waals surface area contributed by atoms with Crippen LogP contribution in [-0.2, 0) is 6.54 Å². The summed E-state index contributed by atoms with van der Waals surface area (Å²) in [6.07, 6.45) is 2.62. The van der Waals surface area contributed by atoms with E-state index in [-0.39, 0.29) is 0 Å². The van der Waals surface area contributed by atoms with Crippen LogP contribution in [-0.4, -0.2) is 32.2 Å². The van der Waals surface area contributed by atoms with Crippen LogP contribution in [0.25, 0.3) is 0 Å². The van der Waals surface area contributed by atoms with Gasteiger partial charge in [-0.05, 0) is 24.7 Å². The Bertz CT molecular complexity index is 419. The first-order valence-electron chi connectivity index (χ1n) is 6.97. The van der Waals surface area contributed by atoms with Gasteiger partial charge in [-0.3, -0.25) is 0 Å². The molecule has 1 fully saturated rings. The largest absolute Gasteiger partial charge is 0.480 e. The summed E-state index contributed by atoms with van der Waals surface area (Å²) >= 11 is 1.70. The molecule has 3 atom stereocenters. The molecule has 2 rings (SSSR count). The van der Waals surface area contributed by atoms with Crippen molar-refractivity contribution in [2.45, 2.75) is 39.3 Å². The lowest BCUT2D eigenvalue weighted by Gasteiger charge is -2.19. The van der Waals surface area contributed by atoms with Gasteiger partial charge in [0.1, 0.15) is 0 Å². The van der Waals surface area contributed by atoms with E-state index in [1.807, 2.05) is 19.0 Å². The zero-order valence-corrected chi connectivity index (χ0v) is 13.4. The average molecular weight is 283 g/mol. The summed E-state index contributed by atoms with van der Waals surface area (Å²) in [6, 6.07) is 0.629. The first kappa shape index (κ1) is 14.6. The van der Waals surface area contributed by atoms with E-state index >= 15 is 0 Å². The Morgan fingerprint density at radius 2 is 2.11 bits per heavy atom. The summed E-state index contributed by atoms with van der Waals surface area (Å²) in [5, 5.41) is 4.68. The van der Waals surface area contributed by atoms with Crippen molar-refractivity contribution in [2.24, 2.45) is 11.8 Å². The molecule has 1 aromatic heterocycles. The number of methoxy groups -OCH3 is 1. The van der Waals surface area contributed by atoms with Gasteiger partial charge in [0.2, 0.25) is 5.88 Å². The quantitative estimate of drug-likeness (QED) is 0.901. The summed E-state index contributed by atoms with van der Waals surface area (Å²) in [5.74, 6) is 2.35. The molecule has 1 aromatic rings. The molecule has 4 nitrogen and oxygen atoms in total. The van der Waals surface area contributed by atoms with Crippen LogP contribution < -0.4 is 15.0 Å². The molecule has 0 aliphatic heterocycles. The van der Waals surface area contributed by atoms with Crippen molar-refractivity contribution in [3.05, 3.63) is 4.88 Å². The Hall–Kier alpha value is -0.810. The van der Waals surface area contributed by atoms with Crippen LogP contribution in [0.2, 0.25) is 0 Å². The second-order valence-corrected chi connectivity index (χ2v) is 6.79. The zero-order chi connectivity index (χ0) is 14.0. The molecule has 3 unspecified atom stereocenters. The Labute approximate surface area is 120 Å². The van der Waals surface area contributed by atoms with E-state index in [1.54, 1.807) is 18.4 Å².